The number of carbonyl (C=O) groups is 2. The molecule has 0 aliphatic heterocycles. The zero-order valence-electron chi connectivity index (χ0n) is 22.5. The molecular weight excluding hydrogens is 545 g/mol. The van der Waals surface area contributed by atoms with Crippen molar-refractivity contribution in [3.63, 3.8) is 0 Å². The van der Waals surface area contributed by atoms with E-state index in [9.17, 15) is 18.0 Å². The molecule has 0 unspecified atom stereocenters. The number of aryl methyl sites for hydroxylation is 1. The second-order valence-electron chi connectivity index (χ2n) is 10.1. The molecule has 1 atom stereocenters. The minimum absolute atomic E-state index is 0.0826. The summed E-state index contributed by atoms with van der Waals surface area (Å²) in [5.41, 5.74) is 3.23. The van der Waals surface area contributed by atoms with Gasteiger partial charge in [-0.15, -0.1) is 0 Å². The second-order valence-corrected chi connectivity index (χ2v) is 12.8. The molecule has 1 saturated carbocycles. The summed E-state index contributed by atoms with van der Waals surface area (Å²) >= 11 is 12.3. The predicted octanol–water partition coefficient (Wildman–Crippen LogP) is 5.63. The number of halogens is 2. The fourth-order valence-corrected chi connectivity index (χ4v) is 6.13. The first-order valence-electron chi connectivity index (χ1n) is 13.0. The summed E-state index contributed by atoms with van der Waals surface area (Å²) in [6.45, 7) is 5.87. The number of amides is 2. The average molecular weight is 583 g/mol. The Balaban J connectivity index is 1.76. The van der Waals surface area contributed by atoms with Crippen molar-refractivity contribution in [2.75, 3.05) is 17.1 Å². The van der Waals surface area contributed by atoms with E-state index in [1.807, 2.05) is 26.0 Å². The van der Waals surface area contributed by atoms with Crippen LogP contribution >= 0.6 is 23.2 Å². The van der Waals surface area contributed by atoms with Gasteiger partial charge >= 0.3 is 0 Å². The van der Waals surface area contributed by atoms with Crippen molar-refractivity contribution >= 4 is 50.7 Å². The number of nitrogens with zero attached hydrogens (tertiary/aromatic N) is 2. The number of hydrogen-bond donors (Lipinski definition) is 1. The fraction of sp³-hybridized carbons (Fsp3) is 0.500. The smallest absolute Gasteiger partial charge is 0.242 e. The van der Waals surface area contributed by atoms with Gasteiger partial charge in [0.25, 0.3) is 0 Å². The summed E-state index contributed by atoms with van der Waals surface area (Å²) in [7, 11) is -3.56. The van der Waals surface area contributed by atoms with E-state index in [1.165, 1.54) is 15.5 Å². The third kappa shape index (κ3) is 7.87. The molecule has 1 fully saturated rings. The number of rotatable bonds is 11. The van der Waals surface area contributed by atoms with E-state index in [1.54, 1.807) is 31.2 Å². The Bertz CT molecular complexity index is 1260. The van der Waals surface area contributed by atoms with Crippen LogP contribution in [0.25, 0.3) is 0 Å². The quantitative estimate of drug-likeness (QED) is 0.372. The summed E-state index contributed by atoms with van der Waals surface area (Å²) in [6, 6.07) is 10.1. The Kier molecular flexibility index (Phi) is 10.5. The topological polar surface area (TPSA) is 86.8 Å². The maximum Gasteiger partial charge on any atom is 0.242 e. The summed E-state index contributed by atoms with van der Waals surface area (Å²) in [6.07, 6.45) is 5.61. The number of sulfonamides is 1. The highest BCUT2D eigenvalue weighted by atomic mass is 35.5. The molecule has 208 valence electrons. The van der Waals surface area contributed by atoms with E-state index in [2.05, 4.69) is 5.32 Å². The number of nitrogens with one attached hydrogen (secondary N) is 1. The van der Waals surface area contributed by atoms with Gasteiger partial charge in [-0.1, -0.05) is 54.2 Å². The van der Waals surface area contributed by atoms with Crippen LogP contribution in [0.2, 0.25) is 10.0 Å². The highest BCUT2D eigenvalue weighted by molar-refractivity contribution is 7.92. The van der Waals surface area contributed by atoms with E-state index in [0.717, 1.165) is 42.4 Å². The molecular formula is C28H37Cl2N3O4S. The largest absolute Gasteiger partial charge is 0.352 e. The van der Waals surface area contributed by atoms with Crippen molar-refractivity contribution in [3.8, 4) is 0 Å². The first-order valence-corrected chi connectivity index (χ1v) is 15.6. The molecule has 2 amide bonds. The van der Waals surface area contributed by atoms with Crippen molar-refractivity contribution in [1.82, 2.24) is 10.2 Å². The van der Waals surface area contributed by atoms with E-state index in [0.29, 0.717) is 22.2 Å². The van der Waals surface area contributed by atoms with Gasteiger partial charge in [0.15, 0.2) is 0 Å². The van der Waals surface area contributed by atoms with Crippen molar-refractivity contribution in [2.24, 2.45) is 0 Å². The average Bonchev–Trinajstić information content (AvgIpc) is 3.36. The highest BCUT2D eigenvalue weighted by Gasteiger charge is 2.29. The molecule has 0 radical (unpaired) electrons. The fourth-order valence-electron chi connectivity index (χ4n) is 4.80. The SMILES string of the molecule is Cc1cccc(N(CCCC(=O)N(Cc2ccc(Cl)c(Cl)c2)[C@H](C)C(=O)NC2CCCC2)S(C)(=O)=O)c1C. The Morgan fingerprint density at radius 1 is 1.08 bits per heavy atom. The lowest BCUT2D eigenvalue weighted by Gasteiger charge is -2.30. The molecule has 0 saturated heterocycles. The third-order valence-electron chi connectivity index (χ3n) is 7.20. The zero-order chi connectivity index (χ0) is 28.0. The lowest BCUT2D eigenvalue weighted by atomic mass is 10.1. The second kappa shape index (κ2) is 13.2. The molecule has 0 spiro atoms. The molecule has 1 aliphatic carbocycles. The molecule has 0 bridgehead atoms. The lowest BCUT2D eigenvalue weighted by molar-refractivity contribution is -0.141. The minimum atomic E-state index is -3.56. The van der Waals surface area contributed by atoms with Crippen molar-refractivity contribution in [1.29, 1.82) is 0 Å². The molecule has 3 rings (SSSR count). The van der Waals surface area contributed by atoms with Crippen LogP contribution in [0.5, 0.6) is 0 Å². The van der Waals surface area contributed by atoms with Gasteiger partial charge in [-0.25, -0.2) is 8.42 Å². The van der Waals surface area contributed by atoms with Gasteiger partial charge in [0.2, 0.25) is 21.8 Å². The van der Waals surface area contributed by atoms with Crippen molar-refractivity contribution in [2.45, 2.75) is 77.9 Å². The zero-order valence-corrected chi connectivity index (χ0v) is 24.8. The van der Waals surface area contributed by atoms with E-state index in [-0.39, 0.29) is 37.4 Å². The first kappa shape index (κ1) is 30.3. The molecule has 0 aromatic heterocycles. The molecule has 10 heteroatoms. The maximum absolute atomic E-state index is 13.5. The van der Waals surface area contributed by atoms with Crippen LogP contribution in [0, 0.1) is 13.8 Å². The minimum Gasteiger partial charge on any atom is -0.352 e. The van der Waals surface area contributed by atoms with Gasteiger partial charge in [-0.3, -0.25) is 13.9 Å². The Labute approximate surface area is 236 Å². The molecule has 2 aromatic rings. The van der Waals surface area contributed by atoms with Gasteiger partial charge < -0.3 is 10.2 Å². The van der Waals surface area contributed by atoms with Crippen LogP contribution in [0.4, 0.5) is 5.69 Å². The van der Waals surface area contributed by atoms with Crippen LogP contribution < -0.4 is 9.62 Å². The first-order chi connectivity index (χ1) is 17.9. The van der Waals surface area contributed by atoms with Gasteiger partial charge in [0.05, 0.1) is 22.0 Å². The number of hydrogen-bond acceptors (Lipinski definition) is 4. The summed E-state index contributed by atoms with van der Waals surface area (Å²) < 4.78 is 26.6. The molecule has 2 aromatic carbocycles. The van der Waals surface area contributed by atoms with Crippen molar-refractivity contribution < 1.29 is 18.0 Å². The molecule has 7 nitrogen and oxygen atoms in total. The van der Waals surface area contributed by atoms with Crippen LogP contribution in [0.15, 0.2) is 36.4 Å². The number of carbonyl (C=O) groups excluding carboxylic acids is 2. The van der Waals surface area contributed by atoms with Gasteiger partial charge in [0, 0.05) is 25.6 Å². The summed E-state index contributed by atoms with van der Waals surface area (Å²) in [5, 5.41) is 3.86. The molecule has 1 aliphatic rings. The number of anilines is 1. The van der Waals surface area contributed by atoms with Crippen LogP contribution in [0.1, 0.15) is 62.1 Å². The van der Waals surface area contributed by atoms with Gasteiger partial charge in [-0.2, -0.15) is 0 Å². The van der Waals surface area contributed by atoms with Gasteiger partial charge in [-0.05, 0) is 74.9 Å². The van der Waals surface area contributed by atoms with Crippen LogP contribution in [-0.2, 0) is 26.2 Å². The standard InChI is InChI=1S/C28H37Cl2N3O4S/c1-19-9-7-12-26(20(19)2)33(38(4,36)37)16-8-13-27(34)32(18-22-14-15-24(29)25(30)17-22)21(3)28(35)31-23-10-5-6-11-23/h7,9,12,14-15,17,21,23H,5-6,8,10-11,13,16,18H2,1-4H3,(H,31,35)/t21-/m1/s1. The molecule has 1 N–H and O–H groups in total. The predicted molar refractivity (Wildman–Crippen MR) is 154 cm³/mol. The maximum atomic E-state index is 13.5. The third-order valence-corrected chi connectivity index (χ3v) is 9.12. The highest BCUT2D eigenvalue weighted by Crippen LogP contribution is 2.27. The molecule has 38 heavy (non-hydrogen) atoms. The van der Waals surface area contributed by atoms with Crippen LogP contribution in [0.3, 0.4) is 0 Å². The lowest BCUT2D eigenvalue weighted by Crippen LogP contribution is -2.49. The van der Waals surface area contributed by atoms with E-state index in [4.69, 9.17) is 23.2 Å². The summed E-state index contributed by atoms with van der Waals surface area (Å²) in [4.78, 5) is 28.1. The number of benzene rings is 2. The summed E-state index contributed by atoms with van der Waals surface area (Å²) in [5.74, 6) is -0.432. The Hall–Kier alpha value is -2.29. The Morgan fingerprint density at radius 3 is 2.39 bits per heavy atom. The van der Waals surface area contributed by atoms with Crippen LogP contribution in [-0.4, -0.2) is 50.0 Å². The van der Waals surface area contributed by atoms with E-state index < -0.39 is 16.1 Å². The van der Waals surface area contributed by atoms with Crippen molar-refractivity contribution in [3.05, 3.63) is 63.1 Å². The van der Waals surface area contributed by atoms with Gasteiger partial charge in [0.1, 0.15) is 6.04 Å². The van der Waals surface area contributed by atoms with E-state index >= 15 is 0 Å². The molecule has 0 heterocycles. The Morgan fingerprint density at radius 2 is 1.76 bits per heavy atom. The monoisotopic (exact) mass is 581 g/mol. The normalized spacial score (nSPS) is 14.8.